The summed E-state index contributed by atoms with van der Waals surface area (Å²) in [5, 5.41) is 2.83. The van der Waals surface area contributed by atoms with E-state index in [4.69, 9.17) is 4.74 Å². The molecule has 0 atom stereocenters. The van der Waals surface area contributed by atoms with Crippen LogP contribution in [0, 0.1) is 0 Å². The van der Waals surface area contributed by atoms with Crippen LogP contribution in [0.1, 0.15) is 41.5 Å². The number of amides is 2. The highest BCUT2D eigenvalue weighted by Crippen LogP contribution is 2.16. The van der Waals surface area contributed by atoms with Crippen LogP contribution in [-0.2, 0) is 0 Å². The van der Waals surface area contributed by atoms with Crippen molar-refractivity contribution in [1.82, 2.24) is 4.90 Å². The summed E-state index contributed by atoms with van der Waals surface area (Å²) in [6.45, 7) is 7.68. The maximum Gasteiger partial charge on any atom is 0.255 e. The summed E-state index contributed by atoms with van der Waals surface area (Å²) in [7, 11) is 0. The molecule has 2 amide bonds. The first-order valence-electron chi connectivity index (χ1n) is 8.52. The first kappa shape index (κ1) is 18.5. The van der Waals surface area contributed by atoms with E-state index in [0.29, 0.717) is 36.5 Å². The normalized spacial score (nSPS) is 10.2. The molecular formula is C20H24N2O3. The van der Waals surface area contributed by atoms with Gasteiger partial charge in [-0.25, -0.2) is 0 Å². The van der Waals surface area contributed by atoms with Crippen LogP contribution in [0.5, 0.6) is 5.75 Å². The van der Waals surface area contributed by atoms with Crippen molar-refractivity contribution in [3.8, 4) is 5.75 Å². The quantitative estimate of drug-likeness (QED) is 0.833. The first-order chi connectivity index (χ1) is 12.1. The second-order valence-corrected chi connectivity index (χ2v) is 5.47. The van der Waals surface area contributed by atoms with E-state index in [2.05, 4.69) is 5.32 Å². The van der Waals surface area contributed by atoms with Gasteiger partial charge in [0.25, 0.3) is 11.8 Å². The molecular weight excluding hydrogens is 316 g/mol. The van der Waals surface area contributed by atoms with E-state index in [9.17, 15) is 9.59 Å². The molecule has 2 aromatic carbocycles. The molecule has 0 unspecified atom stereocenters. The van der Waals surface area contributed by atoms with Crippen LogP contribution in [-0.4, -0.2) is 36.4 Å². The van der Waals surface area contributed by atoms with Gasteiger partial charge in [-0.1, -0.05) is 6.07 Å². The summed E-state index contributed by atoms with van der Waals surface area (Å²) >= 11 is 0. The lowest BCUT2D eigenvalue weighted by Crippen LogP contribution is -2.30. The molecule has 0 aliphatic heterocycles. The van der Waals surface area contributed by atoms with Crippen molar-refractivity contribution in [2.45, 2.75) is 20.8 Å². The number of nitrogens with zero attached hydrogens (tertiary/aromatic N) is 1. The lowest BCUT2D eigenvalue weighted by Gasteiger charge is -2.19. The Labute approximate surface area is 148 Å². The van der Waals surface area contributed by atoms with Crippen LogP contribution in [0.2, 0.25) is 0 Å². The van der Waals surface area contributed by atoms with Gasteiger partial charge in [-0.3, -0.25) is 9.59 Å². The van der Waals surface area contributed by atoms with Gasteiger partial charge in [0.15, 0.2) is 0 Å². The third kappa shape index (κ3) is 4.83. The summed E-state index contributed by atoms with van der Waals surface area (Å²) in [5.74, 6) is 0.462. The molecule has 5 heteroatoms. The minimum atomic E-state index is -0.226. The molecule has 132 valence electrons. The molecule has 0 heterocycles. The van der Waals surface area contributed by atoms with Crippen molar-refractivity contribution in [3.05, 3.63) is 59.7 Å². The maximum atomic E-state index is 12.4. The lowest BCUT2D eigenvalue weighted by atomic mass is 10.1. The minimum Gasteiger partial charge on any atom is -0.494 e. The van der Waals surface area contributed by atoms with Gasteiger partial charge in [0.05, 0.1) is 6.61 Å². The van der Waals surface area contributed by atoms with Crippen molar-refractivity contribution in [1.29, 1.82) is 0 Å². The summed E-state index contributed by atoms with van der Waals surface area (Å²) in [6.07, 6.45) is 0. The molecule has 0 fully saturated rings. The summed E-state index contributed by atoms with van der Waals surface area (Å²) in [4.78, 5) is 26.5. The molecule has 0 bridgehead atoms. The largest absolute Gasteiger partial charge is 0.494 e. The number of benzene rings is 2. The highest BCUT2D eigenvalue weighted by Gasteiger charge is 2.13. The van der Waals surface area contributed by atoms with Crippen molar-refractivity contribution < 1.29 is 14.3 Å². The van der Waals surface area contributed by atoms with E-state index in [1.165, 1.54) is 0 Å². The average molecular weight is 340 g/mol. The van der Waals surface area contributed by atoms with E-state index in [1.807, 2.05) is 20.8 Å². The molecule has 2 rings (SSSR count). The fourth-order valence-electron chi connectivity index (χ4n) is 2.50. The second kappa shape index (κ2) is 8.87. The fraction of sp³-hybridized carbons (Fsp3) is 0.300. The highest BCUT2D eigenvalue weighted by atomic mass is 16.5. The third-order valence-corrected chi connectivity index (χ3v) is 3.85. The third-order valence-electron chi connectivity index (χ3n) is 3.85. The Hall–Kier alpha value is -2.82. The van der Waals surface area contributed by atoms with Gasteiger partial charge < -0.3 is 15.0 Å². The molecule has 25 heavy (non-hydrogen) atoms. The smallest absolute Gasteiger partial charge is 0.255 e. The molecule has 0 saturated heterocycles. The molecule has 5 nitrogen and oxygen atoms in total. The van der Waals surface area contributed by atoms with Gasteiger partial charge >= 0.3 is 0 Å². The molecule has 0 spiro atoms. The van der Waals surface area contributed by atoms with Crippen LogP contribution in [0.4, 0.5) is 5.69 Å². The zero-order chi connectivity index (χ0) is 18.2. The van der Waals surface area contributed by atoms with Crippen LogP contribution >= 0.6 is 0 Å². The van der Waals surface area contributed by atoms with E-state index < -0.39 is 0 Å². The Bertz CT molecular complexity index is 722. The molecule has 0 aromatic heterocycles. The lowest BCUT2D eigenvalue weighted by molar-refractivity contribution is 0.0772. The van der Waals surface area contributed by atoms with Gasteiger partial charge in [0, 0.05) is 29.9 Å². The Balaban J connectivity index is 2.10. The molecule has 0 aliphatic rings. The zero-order valence-corrected chi connectivity index (χ0v) is 14.9. The van der Waals surface area contributed by atoms with Crippen molar-refractivity contribution in [3.63, 3.8) is 0 Å². The summed E-state index contributed by atoms with van der Waals surface area (Å²) in [6, 6.07) is 13.9. The van der Waals surface area contributed by atoms with Crippen LogP contribution < -0.4 is 10.1 Å². The molecule has 1 N–H and O–H groups in total. The Kier molecular flexibility index (Phi) is 6.57. The predicted octanol–water partition coefficient (Wildman–Crippen LogP) is 3.82. The number of carbonyl (C=O) groups is 2. The number of hydrogen-bond donors (Lipinski definition) is 1. The zero-order valence-electron chi connectivity index (χ0n) is 14.9. The topological polar surface area (TPSA) is 58.6 Å². The Morgan fingerprint density at radius 1 is 0.960 bits per heavy atom. The minimum absolute atomic E-state index is 0.0397. The van der Waals surface area contributed by atoms with Gasteiger partial charge in [0.2, 0.25) is 0 Å². The van der Waals surface area contributed by atoms with Gasteiger partial charge in [-0.05, 0) is 63.2 Å². The van der Waals surface area contributed by atoms with E-state index in [0.717, 1.165) is 5.75 Å². The molecule has 0 radical (unpaired) electrons. The summed E-state index contributed by atoms with van der Waals surface area (Å²) < 4.78 is 5.37. The first-order valence-corrected chi connectivity index (χ1v) is 8.52. The van der Waals surface area contributed by atoms with E-state index in [-0.39, 0.29) is 11.8 Å². The van der Waals surface area contributed by atoms with Gasteiger partial charge in [-0.2, -0.15) is 0 Å². The van der Waals surface area contributed by atoms with Crippen LogP contribution in [0.15, 0.2) is 48.5 Å². The van der Waals surface area contributed by atoms with Crippen LogP contribution in [0.3, 0.4) is 0 Å². The molecule has 0 saturated carbocycles. The standard InChI is InChI=1S/C20H24N2O3/c1-4-22(5-2)20(24)16-8-7-9-17(14-16)21-19(23)15-10-12-18(13-11-15)25-6-3/h7-14H,4-6H2,1-3H3,(H,21,23). The number of carbonyl (C=O) groups excluding carboxylic acids is 2. The number of nitrogens with one attached hydrogen (secondary N) is 1. The monoisotopic (exact) mass is 340 g/mol. The maximum absolute atomic E-state index is 12.4. The Morgan fingerprint density at radius 2 is 1.64 bits per heavy atom. The van der Waals surface area contributed by atoms with E-state index in [1.54, 1.807) is 53.4 Å². The van der Waals surface area contributed by atoms with Crippen molar-refractivity contribution >= 4 is 17.5 Å². The predicted molar refractivity (Wildman–Crippen MR) is 99.3 cm³/mol. The van der Waals surface area contributed by atoms with Crippen molar-refractivity contribution in [2.75, 3.05) is 25.0 Å². The highest BCUT2D eigenvalue weighted by molar-refractivity contribution is 6.05. The number of hydrogen-bond acceptors (Lipinski definition) is 3. The van der Waals surface area contributed by atoms with E-state index >= 15 is 0 Å². The Morgan fingerprint density at radius 3 is 2.24 bits per heavy atom. The molecule has 0 aliphatic carbocycles. The SMILES string of the molecule is CCOc1ccc(C(=O)Nc2cccc(C(=O)N(CC)CC)c2)cc1. The average Bonchev–Trinajstić information content (AvgIpc) is 2.63. The number of anilines is 1. The second-order valence-electron chi connectivity index (χ2n) is 5.47. The van der Waals surface area contributed by atoms with Gasteiger partial charge in [-0.15, -0.1) is 0 Å². The molecule has 2 aromatic rings. The van der Waals surface area contributed by atoms with Crippen molar-refractivity contribution in [2.24, 2.45) is 0 Å². The van der Waals surface area contributed by atoms with Crippen LogP contribution in [0.25, 0.3) is 0 Å². The van der Waals surface area contributed by atoms with Gasteiger partial charge in [0.1, 0.15) is 5.75 Å². The summed E-state index contributed by atoms with van der Waals surface area (Å²) in [5.41, 5.74) is 1.69. The fourth-order valence-corrected chi connectivity index (χ4v) is 2.50. The number of ether oxygens (including phenoxy) is 1. The number of rotatable bonds is 7.